The Balaban J connectivity index is 1.30. The number of nitrogens with zero attached hydrogens (tertiary/aromatic N) is 1. The van der Waals surface area contributed by atoms with Crippen LogP contribution in [-0.4, -0.2) is 55.2 Å². The summed E-state index contributed by atoms with van der Waals surface area (Å²) in [6, 6.07) is 23.2. The molecule has 44 heavy (non-hydrogen) atoms. The summed E-state index contributed by atoms with van der Waals surface area (Å²) in [6.45, 7) is 7.11. The first kappa shape index (κ1) is 32.3. The fraction of sp³-hybridized carbons (Fsp3) is 0.441. The zero-order valence-corrected chi connectivity index (χ0v) is 26.3. The number of esters is 1. The molecule has 2 aliphatic rings. The molecule has 2 saturated heterocycles. The monoisotopic (exact) mass is 622 g/mol. The molecule has 4 atom stereocenters. The highest BCUT2D eigenvalue weighted by Crippen LogP contribution is 2.39. The van der Waals surface area contributed by atoms with Crippen molar-refractivity contribution >= 4 is 16.0 Å². The van der Waals surface area contributed by atoms with E-state index in [4.69, 9.17) is 14.2 Å². The Morgan fingerprint density at radius 3 is 2.27 bits per heavy atom. The second-order valence-corrected chi connectivity index (χ2v) is 14.2. The first-order valence-electron chi connectivity index (χ1n) is 15.1. The Hall–Kier alpha value is -3.12. The quantitative estimate of drug-likeness (QED) is 0.304. The van der Waals surface area contributed by atoms with Crippen LogP contribution >= 0.6 is 0 Å². The Kier molecular flexibility index (Phi) is 10.2. The van der Waals surface area contributed by atoms with Gasteiger partial charge in [0.1, 0.15) is 11.6 Å². The molecule has 3 aromatic rings. The van der Waals surface area contributed by atoms with Crippen molar-refractivity contribution in [3.8, 4) is 0 Å². The van der Waals surface area contributed by atoms with E-state index in [0.717, 1.165) is 41.6 Å². The second kappa shape index (κ2) is 13.9. The number of hydrogen-bond donors (Lipinski definition) is 2. The molecule has 10 heteroatoms. The van der Waals surface area contributed by atoms with E-state index in [1.54, 1.807) is 30.3 Å². The molecule has 0 bridgehead atoms. The number of likely N-dealkylation sites (tertiary alicyclic amines) is 1. The molecule has 5 rings (SSSR count). The molecule has 0 radical (unpaired) electrons. The summed E-state index contributed by atoms with van der Waals surface area (Å²) in [5, 5.41) is 9.50. The lowest BCUT2D eigenvalue weighted by molar-refractivity contribution is -0.253. The van der Waals surface area contributed by atoms with Gasteiger partial charge >= 0.3 is 5.97 Å². The molecular weight excluding hydrogens is 580 g/mol. The van der Waals surface area contributed by atoms with Crippen molar-refractivity contribution in [3.63, 3.8) is 0 Å². The van der Waals surface area contributed by atoms with E-state index < -0.39 is 21.9 Å². The third kappa shape index (κ3) is 8.32. The van der Waals surface area contributed by atoms with Gasteiger partial charge in [-0.05, 0) is 69.0 Å². The van der Waals surface area contributed by atoms with Crippen LogP contribution in [0, 0.1) is 0 Å². The molecule has 2 heterocycles. The van der Waals surface area contributed by atoms with Crippen LogP contribution < -0.4 is 4.72 Å². The molecular formula is C34H42N2O7S. The summed E-state index contributed by atoms with van der Waals surface area (Å²) in [6.07, 6.45) is 1.14. The van der Waals surface area contributed by atoms with Gasteiger partial charge < -0.3 is 19.3 Å². The van der Waals surface area contributed by atoms with Gasteiger partial charge in [-0.1, -0.05) is 66.7 Å². The van der Waals surface area contributed by atoms with Gasteiger partial charge in [0.2, 0.25) is 10.0 Å². The molecule has 3 aromatic carbocycles. The number of carbonyl (C=O) groups is 1. The van der Waals surface area contributed by atoms with Crippen molar-refractivity contribution in [1.82, 2.24) is 9.62 Å². The van der Waals surface area contributed by atoms with E-state index in [0.29, 0.717) is 13.0 Å². The maximum absolute atomic E-state index is 13.0. The topological polar surface area (TPSA) is 114 Å². The number of nitrogens with one attached hydrogen (secondary N) is 1. The van der Waals surface area contributed by atoms with E-state index >= 15 is 0 Å². The van der Waals surface area contributed by atoms with Crippen molar-refractivity contribution in [1.29, 1.82) is 0 Å². The van der Waals surface area contributed by atoms with Crippen LogP contribution in [0.15, 0.2) is 83.8 Å². The Morgan fingerprint density at radius 1 is 0.955 bits per heavy atom. The molecule has 236 valence electrons. The molecule has 0 aliphatic carbocycles. The largest absolute Gasteiger partial charge is 0.459 e. The highest BCUT2D eigenvalue weighted by atomic mass is 32.2. The van der Waals surface area contributed by atoms with Crippen molar-refractivity contribution in [3.05, 3.63) is 101 Å². The molecule has 0 spiro atoms. The van der Waals surface area contributed by atoms with Gasteiger partial charge in [0.05, 0.1) is 23.7 Å². The summed E-state index contributed by atoms with van der Waals surface area (Å²) in [5.41, 5.74) is 2.87. The second-order valence-electron chi connectivity index (χ2n) is 12.4. The highest BCUT2D eigenvalue weighted by molar-refractivity contribution is 7.89. The smallest absolute Gasteiger partial charge is 0.323 e. The van der Waals surface area contributed by atoms with Crippen LogP contribution in [0.2, 0.25) is 0 Å². The fourth-order valence-electron chi connectivity index (χ4n) is 5.63. The number of rotatable bonds is 10. The summed E-state index contributed by atoms with van der Waals surface area (Å²) in [7, 11) is -3.62. The lowest BCUT2D eigenvalue weighted by atomic mass is 9.99. The van der Waals surface area contributed by atoms with Crippen molar-refractivity contribution in [2.75, 3.05) is 13.1 Å². The first-order valence-corrected chi connectivity index (χ1v) is 16.6. The predicted molar refractivity (Wildman–Crippen MR) is 166 cm³/mol. The lowest BCUT2D eigenvalue weighted by Gasteiger charge is -2.38. The van der Waals surface area contributed by atoms with E-state index in [1.807, 2.05) is 69.3 Å². The third-order valence-electron chi connectivity index (χ3n) is 7.87. The van der Waals surface area contributed by atoms with Crippen LogP contribution in [0.1, 0.15) is 74.7 Å². The summed E-state index contributed by atoms with van der Waals surface area (Å²) >= 11 is 0. The van der Waals surface area contributed by atoms with Crippen LogP contribution in [-0.2, 0) is 42.2 Å². The van der Waals surface area contributed by atoms with Crippen LogP contribution in [0.5, 0.6) is 0 Å². The Labute approximate surface area is 260 Å². The molecule has 0 aromatic heterocycles. The van der Waals surface area contributed by atoms with Crippen LogP contribution in [0.3, 0.4) is 0 Å². The standard InChI is InChI=1S/C34H42N2O7S/c1-34(2,3)43-32(38)30-10-7-19-36(30)22-28-20-31(26-15-13-25(23-37)14-16-26)42-33(41-28)27-17-11-24(12-18-27)21-35-44(39,40)29-8-5-4-6-9-29/h4-6,8-9,11-18,28,30-31,33,35,37H,7,10,19-23H2,1-3H3/t28-,30-,31+,33+/m0/s1. The zero-order chi connectivity index (χ0) is 31.3. The number of benzene rings is 3. The molecule has 0 unspecified atom stereocenters. The Morgan fingerprint density at radius 2 is 1.61 bits per heavy atom. The van der Waals surface area contributed by atoms with Crippen molar-refractivity contribution in [2.45, 2.75) is 88.2 Å². The minimum Gasteiger partial charge on any atom is -0.459 e. The van der Waals surface area contributed by atoms with Gasteiger partial charge in [0.15, 0.2) is 6.29 Å². The molecule has 2 N–H and O–H groups in total. The SMILES string of the molecule is CC(C)(C)OC(=O)[C@@H]1CCCN1C[C@@H]1C[C@H](c2ccc(CO)cc2)O[C@H](c2ccc(CNS(=O)(=O)c3ccccc3)cc2)O1. The van der Waals surface area contributed by atoms with Gasteiger partial charge in [0, 0.05) is 25.1 Å². The van der Waals surface area contributed by atoms with Crippen molar-refractivity contribution in [2.24, 2.45) is 0 Å². The van der Waals surface area contributed by atoms with E-state index in [1.165, 1.54) is 0 Å². The van der Waals surface area contributed by atoms with E-state index in [9.17, 15) is 18.3 Å². The van der Waals surface area contributed by atoms with E-state index in [2.05, 4.69) is 9.62 Å². The van der Waals surface area contributed by atoms with Gasteiger partial charge in [-0.25, -0.2) is 13.1 Å². The lowest BCUT2D eigenvalue weighted by Crippen LogP contribution is -2.45. The number of hydrogen-bond acceptors (Lipinski definition) is 8. The highest BCUT2D eigenvalue weighted by Gasteiger charge is 2.38. The van der Waals surface area contributed by atoms with Crippen LogP contribution in [0.4, 0.5) is 0 Å². The Bertz CT molecular complexity index is 1490. The summed E-state index contributed by atoms with van der Waals surface area (Å²) in [5.74, 6) is -0.201. The number of aliphatic hydroxyl groups is 1. The summed E-state index contributed by atoms with van der Waals surface area (Å²) < 4.78 is 46.6. The average molecular weight is 623 g/mol. The number of ether oxygens (including phenoxy) is 3. The molecule has 0 amide bonds. The predicted octanol–water partition coefficient (Wildman–Crippen LogP) is 5.01. The minimum atomic E-state index is -3.62. The normalized spacial score (nSPS) is 23.0. The number of aliphatic hydroxyl groups excluding tert-OH is 1. The number of sulfonamides is 1. The average Bonchev–Trinajstić information content (AvgIpc) is 3.48. The minimum absolute atomic E-state index is 0.0327. The third-order valence-corrected chi connectivity index (χ3v) is 9.28. The molecule has 2 aliphatic heterocycles. The van der Waals surface area contributed by atoms with Gasteiger partial charge in [-0.2, -0.15) is 0 Å². The number of carbonyl (C=O) groups excluding carboxylic acids is 1. The molecule has 9 nitrogen and oxygen atoms in total. The zero-order valence-electron chi connectivity index (χ0n) is 25.5. The van der Waals surface area contributed by atoms with Gasteiger partial charge in [-0.15, -0.1) is 0 Å². The maximum Gasteiger partial charge on any atom is 0.323 e. The van der Waals surface area contributed by atoms with Crippen LogP contribution in [0.25, 0.3) is 0 Å². The maximum atomic E-state index is 13.0. The van der Waals surface area contributed by atoms with Gasteiger partial charge in [0.25, 0.3) is 0 Å². The molecule has 0 saturated carbocycles. The van der Waals surface area contributed by atoms with Gasteiger partial charge in [-0.3, -0.25) is 9.69 Å². The first-order chi connectivity index (χ1) is 21.0. The van der Waals surface area contributed by atoms with Crippen molar-refractivity contribution < 1.29 is 32.5 Å². The summed E-state index contributed by atoms with van der Waals surface area (Å²) in [4.78, 5) is 15.4. The fourth-order valence-corrected chi connectivity index (χ4v) is 6.67. The molecule has 2 fully saturated rings. The van der Waals surface area contributed by atoms with E-state index in [-0.39, 0.29) is 42.3 Å².